The molecule has 3 aromatic rings. The number of ether oxygens (including phenoxy) is 1. The minimum absolute atomic E-state index is 0.0625. The summed E-state index contributed by atoms with van der Waals surface area (Å²) in [7, 11) is 5.17. The summed E-state index contributed by atoms with van der Waals surface area (Å²) in [4.78, 5) is 40.6. The highest BCUT2D eigenvalue weighted by Crippen LogP contribution is 2.38. The van der Waals surface area contributed by atoms with Crippen LogP contribution in [0.4, 0.5) is 31.9 Å². The van der Waals surface area contributed by atoms with E-state index in [1.807, 2.05) is 43.3 Å². The fourth-order valence-electron chi connectivity index (χ4n) is 4.20. The van der Waals surface area contributed by atoms with Crippen molar-refractivity contribution in [1.82, 2.24) is 4.90 Å². The molecule has 202 valence electrons. The van der Waals surface area contributed by atoms with Crippen LogP contribution in [0.2, 0.25) is 0 Å². The first-order chi connectivity index (χ1) is 18.7. The van der Waals surface area contributed by atoms with Gasteiger partial charge in [-0.2, -0.15) is 0 Å². The van der Waals surface area contributed by atoms with Crippen molar-refractivity contribution < 1.29 is 23.5 Å². The van der Waals surface area contributed by atoms with E-state index in [0.29, 0.717) is 52.5 Å². The van der Waals surface area contributed by atoms with Gasteiger partial charge in [-0.05, 0) is 74.3 Å². The fourth-order valence-corrected chi connectivity index (χ4v) is 4.20. The number of carbonyl (C=O) groups is 3. The zero-order valence-corrected chi connectivity index (χ0v) is 22.2. The Morgan fingerprint density at radius 3 is 2.18 bits per heavy atom. The highest BCUT2D eigenvalue weighted by molar-refractivity contribution is 6.37. The molecule has 9 nitrogen and oxygen atoms in total. The Labute approximate surface area is 226 Å². The first-order valence-electron chi connectivity index (χ1n) is 12.3. The second-order valence-electron chi connectivity index (χ2n) is 9.23. The molecule has 0 aliphatic carbocycles. The van der Waals surface area contributed by atoms with Crippen LogP contribution in [0.3, 0.4) is 0 Å². The fraction of sp³-hybridized carbons (Fsp3) is 0.207. The van der Waals surface area contributed by atoms with Crippen molar-refractivity contribution in [3.8, 4) is 0 Å². The van der Waals surface area contributed by atoms with Gasteiger partial charge in [-0.1, -0.05) is 12.1 Å². The number of nitrogens with one attached hydrogen (secondary N) is 3. The SMILES string of the molecule is COC(=O)Nc1ccc(/C(Nc2ccc(N(CCN(C)C)C(C)=O)cc2)=C2/C(=O)Nc3cc(F)ccc32)cc1. The maximum Gasteiger partial charge on any atom is 0.411 e. The van der Waals surface area contributed by atoms with Crippen LogP contribution >= 0.6 is 0 Å². The van der Waals surface area contributed by atoms with Gasteiger partial charge in [0.15, 0.2) is 0 Å². The molecule has 0 bridgehead atoms. The summed E-state index contributed by atoms with van der Waals surface area (Å²) >= 11 is 0. The molecular weight excluding hydrogens is 501 g/mol. The molecule has 3 N–H and O–H groups in total. The lowest BCUT2D eigenvalue weighted by Gasteiger charge is -2.23. The van der Waals surface area contributed by atoms with E-state index in [0.717, 1.165) is 5.69 Å². The summed E-state index contributed by atoms with van der Waals surface area (Å²) in [5, 5.41) is 8.67. The monoisotopic (exact) mass is 531 g/mol. The zero-order valence-electron chi connectivity index (χ0n) is 22.2. The summed E-state index contributed by atoms with van der Waals surface area (Å²) in [6.07, 6.45) is -0.601. The van der Waals surface area contributed by atoms with Gasteiger partial charge in [-0.15, -0.1) is 0 Å². The van der Waals surface area contributed by atoms with E-state index in [1.54, 1.807) is 35.2 Å². The standard InChI is InChI=1S/C29H30FN5O4/c1-18(36)35(16-15-34(2)3)23-12-10-21(11-13-23)31-27(19-5-8-22(9-6-19)32-29(38)39-4)26-24-14-7-20(30)17-25(24)33-28(26)37/h5-14,17,31H,15-16H2,1-4H3,(H,32,38)(H,33,37)/b27-26-. The Morgan fingerprint density at radius 2 is 1.56 bits per heavy atom. The molecule has 0 saturated heterocycles. The summed E-state index contributed by atoms with van der Waals surface area (Å²) in [6, 6.07) is 18.3. The van der Waals surface area contributed by atoms with Crippen molar-refractivity contribution in [2.24, 2.45) is 0 Å². The average molecular weight is 532 g/mol. The van der Waals surface area contributed by atoms with Gasteiger partial charge in [0.2, 0.25) is 5.91 Å². The van der Waals surface area contributed by atoms with Crippen LogP contribution in [-0.4, -0.2) is 57.1 Å². The molecule has 0 unspecified atom stereocenters. The number of likely N-dealkylation sites (N-methyl/N-ethyl adjacent to an activating group) is 1. The van der Waals surface area contributed by atoms with E-state index in [-0.39, 0.29) is 11.8 Å². The Morgan fingerprint density at radius 1 is 0.923 bits per heavy atom. The normalized spacial score (nSPS) is 13.4. The Bertz CT molecular complexity index is 1420. The molecule has 3 amide bonds. The lowest BCUT2D eigenvalue weighted by Crippen LogP contribution is -2.35. The predicted molar refractivity (Wildman–Crippen MR) is 151 cm³/mol. The van der Waals surface area contributed by atoms with Crippen molar-refractivity contribution in [3.05, 3.63) is 83.7 Å². The van der Waals surface area contributed by atoms with Crippen LogP contribution in [0.25, 0.3) is 11.3 Å². The lowest BCUT2D eigenvalue weighted by molar-refractivity contribution is -0.116. The van der Waals surface area contributed by atoms with E-state index >= 15 is 0 Å². The van der Waals surface area contributed by atoms with E-state index in [2.05, 4.69) is 20.7 Å². The van der Waals surface area contributed by atoms with Crippen LogP contribution in [0, 0.1) is 5.82 Å². The second kappa shape index (κ2) is 11.8. The van der Waals surface area contributed by atoms with Crippen molar-refractivity contribution in [2.45, 2.75) is 6.92 Å². The molecule has 0 atom stereocenters. The van der Waals surface area contributed by atoms with Gasteiger partial charge in [0.05, 0.1) is 24.1 Å². The molecule has 0 spiro atoms. The predicted octanol–water partition coefficient (Wildman–Crippen LogP) is 4.85. The molecular formula is C29H30FN5O4. The number of methoxy groups -OCH3 is 1. The van der Waals surface area contributed by atoms with E-state index < -0.39 is 11.9 Å². The average Bonchev–Trinajstić information content (AvgIpc) is 3.22. The minimum atomic E-state index is -0.601. The lowest BCUT2D eigenvalue weighted by atomic mass is 9.99. The Hall–Kier alpha value is -4.70. The number of halogens is 1. The van der Waals surface area contributed by atoms with Crippen LogP contribution in [0.5, 0.6) is 0 Å². The van der Waals surface area contributed by atoms with E-state index in [9.17, 15) is 18.8 Å². The molecule has 0 aromatic heterocycles. The third-order valence-electron chi connectivity index (χ3n) is 6.18. The smallest absolute Gasteiger partial charge is 0.411 e. The number of anilines is 4. The van der Waals surface area contributed by atoms with Gasteiger partial charge in [-0.3, -0.25) is 14.9 Å². The van der Waals surface area contributed by atoms with Crippen LogP contribution < -0.4 is 20.9 Å². The molecule has 39 heavy (non-hydrogen) atoms. The molecule has 3 aromatic carbocycles. The number of fused-ring (bicyclic) bond motifs is 1. The maximum absolute atomic E-state index is 13.9. The topological polar surface area (TPSA) is 103 Å². The summed E-state index contributed by atoms with van der Waals surface area (Å²) in [6.45, 7) is 2.79. The first kappa shape index (κ1) is 27.3. The third kappa shape index (κ3) is 6.42. The van der Waals surface area contributed by atoms with Crippen molar-refractivity contribution in [1.29, 1.82) is 0 Å². The molecule has 1 heterocycles. The number of carbonyl (C=O) groups excluding carboxylic acids is 3. The number of amides is 3. The molecule has 0 saturated carbocycles. The van der Waals surface area contributed by atoms with Crippen LogP contribution in [0.15, 0.2) is 66.7 Å². The summed E-state index contributed by atoms with van der Waals surface area (Å²) in [5.41, 5.74) is 4.38. The van der Waals surface area contributed by atoms with Crippen LogP contribution in [-0.2, 0) is 14.3 Å². The van der Waals surface area contributed by atoms with Gasteiger partial charge in [-0.25, -0.2) is 9.18 Å². The van der Waals surface area contributed by atoms with Crippen LogP contribution in [0.1, 0.15) is 18.1 Å². The molecule has 0 radical (unpaired) electrons. The summed E-state index contributed by atoms with van der Waals surface area (Å²) in [5.74, 6) is -0.895. The van der Waals surface area contributed by atoms with Gasteiger partial charge in [0, 0.05) is 42.6 Å². The highest BCUT2D eigenvalue weighted by Gasteiger charge is 2.29. The van der Waals surface area contributed by atoms with E-state index in [1.165, 1.54) is 26.2 Å². The van der Waals surface area contributed by atoms with Gasteiger partial charge < -0.3 is 25.2 Å². The van der Waals surface area contributed by atoms with Gasteiger partial charge in [0.25, 0.3) is 5.91 Å². The Balaban J connectivity index is 1.72. The molecule has 4 rings (SSSR count). The number of hydrogen-bond acceptors (Lipinski definition) is 6. The van der Waals surface area contributed by atoms with Gasteiger partial charge in [0.1, 0.15) is 5.82 Å². The number of benzene rings is 3. The number of hydrogen-bond donors (Lipinski definition) is 3. The largest absolute Gasteiger partial charge is 0.453 e. The van der Waals surface area contributed by atoms with Gasteiger partial charge >= 0.3 is 6.09 Å². The number of rotatable bonds is 8. The van der Waals surface area contributed by atoms with Crippen molar-refractivity contribution in [3.63, 3.8) is 0 Å². The van der Waals surface area contributed by atoms with Crippen molar-refractivity contribution in [2.75, 3.05) is 55.1 Å². The Kier molecular flexibility index (Phi) is 8.26. The maximum atomic E-state index is 13.9. The molecule has 10 heteroatoms. The van der Waals surface area contributed by atoms with Crippen molar-refractivity contribution >= 4 is 51.9 Å². The third-order valence-corrected chi connectivity index (χ3v) is 6.18. The van der Waals surface area contributed by atoms with E-state index in [4.69, 9.17) is 0 Å². The summed E-state index contributed by atoms with van der Waals surface area (Å²) < 4.78 is 18.5. The molecule has 1 aliphatic rings. The highest BCUT2D eigenvalue weighted by atomic mass is 19.1. The quantitative estimate of drug-likeness (QED) is 0.359. The second-order valence-corrected chi connectivity index (χ2v) is 9.23. The molecule has 0 fully saturated rings. The number of nitrogens with zero attached hydrogens (tertiary/aromatic N) is 2. The first-order valence-corrected chi connectivity index (χ1v) is 12.3. The molecule has 1 aliphatic heterocycles. The minimum Gasteiger partial charge on any atom is -0.453 e. The zero-order chi connectivity index (χ0) is 28.1.